The first-order valence-corrected chi connectivity index (χ1v) is 8.58. The number of aromatic nitrogens is 2. The molecule has 0 amide bonds. The molecule has 1 aliphatic heterocycles. The van der Waals surface area contributed by atoms with Crippen LogP contribution in [0.5, 0.6) is 28.9 Å². The van der Waals surface area contributed by atoms with Gasteiger partial charge in [0.25, 0.3) is 0 Å². The SMILES string of the molecule is COc1ccccc1Oc1ncnc(NCc2ccc3c(c2)OCO3)c1[N+](=O)[O-]. The highest BCUT2D eigenvalue weighted by molar-refractivity contribution is 5.62. The summed E-state index contributed by atoms with van der Waals surface area (Å²) in [6.07, 6.45) is 1.19. The molecule has 1 aromatic heterocycles. The fraction of sp³-hybridized carbons (Fsp3) is 0.158. The molecule has 2 aromatic carbocycles. The molecular formula is C19H16N4O6. The number of para-hydroxylation sites is 2. The fourth-order valence-electron chi connectivity index (χ4n) is 2.78. The van der Waals surface area contributed by atoms with Gasteiger partial charge in [-0.2, -0.15) is 4.98 Å². The lowest BCUT2D eigenvalue weighted by molar-refractivity contribution is -0.385. The van der Waals surface area contributed by atoms with Crippen LogP contribution in [-0.4, -0.2) is 28.8 Å². The highest BCUT2D eigenvalue weighted by Gasteiger charge is 2.26. The molecule has 10 nitrogen and oxygen atoms in total. The van der Waals surface area contributed by atoms with E-state index in [1.54, 1.807) is 36.4 Å². The van der Waals surface area contributed by atoms with E-state index < -0.39 is 4.92 Å². The predicted octanol–water partition coefficient (Wildman–Crippen LogP) is 3.53. The summed E-state index contributed by atoms with van der Waals surface area (Å²) in [6.45, 7) is 0.454. The third-order valence-corrected chi connectivity index (χ3v) is 4.14. The van der Waals surface area contributed by atoms with Crippen LogP contribution < -0.4 is 24.3 Å². The van der Waals surface area contributed by atoms with Crippen LogP contribution in [0.15, 0.2) is 48.8 Å². The van der Waals surface area contributed by atoms with Gasteiger partial charge in [0.2, 0.25) is 12.6 Å². The van der Waals surface area contributed by atoms with Crippen molar-refractivity contribution in [3.05, 3.63) is 64.5 Å². The number of rotatable bonds is 7. The van der Waals surface area contributed by atoms with E-state index in [9.17, 15) is 10.1 Å². The van der Waals surface area contributed by atoms with E-state index in [4.69, 9.17) is 18.9 Å². The predicted molar refractivity (Wildman–Crippen MR) is 102 cm³/mol. The molecule has 4 rings (SSSR count). The number of nitrogens with zero attached hydrogens (tertiary/aromatic N) is 3. The molecule has 0 radical (unpaired) electrons. The number of nitro groups is 1. The van der Waals surface area contributed by atoms with Gasteiger partial charge < -0.3 is 24.3 Å². The third-order valence-electron chi connectivity index (χ3n) is 4.14. The Morgan fingerprint density at radius 2 is 1.93 bits per heavy atom. The molecule has 0 bridgehead atoms. The fourth-order valence-corrected chi connectivity index (χ4v) is 2.78. The van der Waals surface area contributed by atoms with E-state index in [2.05, 4.69) is 15.3 Å². The maximum absolute atomic E-state index is 11.7. The van der Waals surface area contributed by atoms with Gasteiger partial charge in [-0.1, -0.05) is 18.2 Å². The molecule has 2 heterocycles. The van der Waals surface area contributed by atoms with Crippen molar-refractivity contribution in [2.75, 3.05) is 19.2 Å². The number of hydrogen-bond acceptors (Lipinski definition) is 9. The minimum absolute atomic E-state index is 0.0348. The van der Waals surface area contributed by atoms with Crippen LogP contribution in [0, 0.1) is 10.1 Å². The van der Waals surface area contributed by atoms with Gasteiger partial charge in [0.05, 0.1) is 12.0 Å². The second kappa shape index (κ2) is 7.89. The first kappa shape index (κ1) is 18.3. The normalized spacial score (nSPS) is 11.8. The van der Waals surface area contributed by atoms with Gasteiger partial charge in [-0.3, -0.25) is 10.1 Å². The second-order valence-corrected chi connectivity index (χ2v) is 5.93. The molecule has 0 atom stereocenters. The van der Waals surface area contributed by atoms with Crippen molar-refractivity contribution >= 4 is 11.5 Å². The smallest absolute Gasteiger partial charge is 0.373 e. The highest BCUT2D eigenvalue weighted by atomic mass is 16.7. The molecule has 0 spiro atoms. The molecular weight excluding hydrogens is 380 g/mol. The third kappa shape index (κ3) is 3.81. The summed E-state index contributed by atoms with van der Waals surface area (Å²) in [5.74, 6) is 1.86. The molecule has 0 saturated heterocycles. The molecule has 3 aromatic rings. The van der Waals surface area contributed by atoms with Crippen LogP contribution in [0.2, 0.25) is 0 Å². The van der Waals surface area contributed by atoms with Gasteiger partial charge in [-0.25, -0.2) is 4.98 Å². The summed E-state index contributed by atoms with van der Waals surface area (Å²) < 4.78 is 21.5. The van der Waals surface area contributed by atoms with Crippen LogP contribution in [-0.2, 0) is 6.54 Å². The summed E-state index contributed by atoms with van der Waals surface area (Å²) in [5.41, 5.74) is 0.466. The Morgan fingerprint density at radius 3 is 2.72 bits per heavy atom. The van der Waals surface area contributed by atoms with E-state index in [0.29, 0.717) is 23.0 Å². The Labute approximate surface area is 165 Å². The molecule has 0 unspecified atom stereocenters. The zero-order valence-electron chi connectivity index (χ0n) is 15.3. The quantitative estimate of drug-likeness (QED) is 0.472. The summed E-state index contributed by atoms with van der Waals surface area (Å²) >= 11 is 0. The first-order valence-electron chi connectivity index (χ1n) is 8.58. The monoisotopic (exact) mass is 396 g/mol. The minimum Gasteiger partial charge on any atom is -0.493 e. The highest BCUT2D eigenvalue weighted by Crippen LogP contribution is 2.38. The van der Waals surface area contributed by atoms with Crippen molar-refractivity contribution in [3.63, 3.8) is 0 Å². The second-order valence-electron chi connectivity index (χ2n) is 5.93. The van der Waals surface area contributed by atoms with Gasteiger partial charge in [0.15, 0.2) is 23.0 Å². The van der Waals surface area contributed by atoms with Crippen molar-refractivity contribution < 1.29 is 23.9 Å². The molecule has 0 aliphatic carbocycles. The average molecular weight is 396 g/mol. The van der Waals surface area contributed by atoms with E-state index in [-0.39, 0.29) is 30.7 Å². The van der Waals surface area contributed by atoms with Crippen molar-refractivity contribution in [1.29, 1.82) is 0 Å². The lowest BCUT2D eigenvalue weighted by Gasteiger charge is -2.11. The molecule has 148 valence electrons. The Morgan fingerprint density at radius 1 is 1.14 bits per heavy atom. The van der Waals surface area contributed by atoms with Crippen molar-refractivity contribution in [3.8, 4) is 28.9 Å². The first-order chi connectivity index (χ1) is 14.2. The Balaban J connectivity index is 1.59. The van der Waals surface area contributed by atoms with Gasteiger partial charge in [-0.05, 0) is 29.8 Å². The maximum Gasteiger partial charge on any atom is 0.373 e. The topological polar surface area (TPSA) is 118 Å². The van der Waals surface area contributed by atoms with Crippen LogP contribution >= 0.6 is 0 Å². The van der Waals surface area contributed by atoms with Crippen molar-refractivity contribution in [2.45, 2.75) is 6.54 Å². The standard InChI is InChI=1S/C19H16N4O6/c1-26-13-4-2-3-5-15(13)29-19-17(23(24)25)18(21-10-22-19)20-9-12-6-7-14-16(8-12)28-11-27-14/h2-8,10H,9,11H2,1H3,(H,20,21,22). The van der Waals surface area contributed by atoms with Crippen LogP contribution in [0.1, 0.15) is 5.56 Å². The largest absolute Gasteiger partial charge is 0.493 e. The van der Waals surface area contributed by atoms with E-state index in [1.807, 2.05) is 6.07 Å². The van der Waals surface area contributed by atoms with E-state index in [1.165, 1.54) is 13.4 Å². The van der Waals surface area contributed by atoms with Gasteiger partial charge in [0.1, 0.15) is 6.33 Å². The molecule has 0 saturated carbocycles. The molecule has 1 N–H and O–H groups in total. The zero-order valence-corrected chi connectivity index (χ0v) is 15.3. The van der Waals surface area contributed by atoms with Crippen molar-refractivity contribution in [1.82, 2.24) is 9.97 Å². The van der Waals surface area contributed by atoms with Gasteiger partial charge >= 0.3 is 11.6 Å². The molecule has 1 aliphatic rings. The van der Waals surface area contributed by atoms with Crippen LogP contribution in [0.4, 0.5) is 11.5 Å². The maximum atomic E-state index is 11.7. The van der Waals surface area contributed by atoms with Gasteiger partial charge in [-0.15, -0.1) is 0 Å². The number of ether oxygens (including phenoxy) is 4. The summed E-state index contributed by atoms with van der Waals surface area (Å²) in [6, 6.07) is 12.2. The summed E-state index contributed by atoms with van der Waals surface area (Å²) in [7, 11) is 1.48. The average Bonchev–Trinajstić information content (AvgIpc) is 3.20. The Bertz CT molecular complexity index is 1060. The lowest BCUT2D eigenvalue weighted by atomic mass is 10.2. The molecule has 29 heavy (non-hydrogen) atoms. The van der Waals surface area contributed by atoms with E-state index in [0.717, 1.165) is 5.56 Å². The van der Waals surface area contributed by atoms with Crippen LogP contribution in [0.25, 0.3) is 0 Å². The number of methoxy groups -OCH3 is 1. The number of hydrogen-bond donors (Lipinski definition) is 1. The van der Waals surface area contributed by atoms with Gasteiger partial charge in [0, 0.05) is 6.54 Å². The zero-order chi connectivity index (χ0) is 20.2. The Hall–Kier alpha value is -4.08. The number of fused-ring (bicyclic) bond motifs is 1. The number of nitrogens with one attached hydrogen (secondary N) is 1. The van der Waals surface area contributed by atoms with Crippen LogP contribution in [0.3, 0.4) is 0 Å². The number of benzene rings is 2. The lowest BCUT2D eigenvalue weighted by Crippen LogP contribution is -2.07. The van der Waals surface area contributed by atoms with Crippen molar-refractivity contribution in [2.24, 2.45) is 0 Å². The summed E-state index contributed by atoms with van der Waals surface area (Å²) in [5, 5.41) is 14.6. The summed E-state index contributed by atoms with van der Waals surface area (Å²) in [4.78, 5) is 19.0. The minimum atomic E-state index is -0.591. The number of anilines is 1. The van der Waals surface area contributed by atoms with E-state index >= 15 is 0 Å². The molecule has 10 heteroatoms. The molecule has 0 fully saturated rings. The Kier molecular flexibility index (Phi) is 4.97.